The Kier molecular flexibility index (Phi) is 14.8. The predicted octanol–water partition coefficient (Wildman–Crippen LogP) is 5.52. The fourth-order valence-electron chi connectivity index (χ4n) is 3.41. The Morgan fingerprint density at radius 2 is 1.78 bits per heavy atom. The fourth-order valence-corrected chi connectivity index (χ4v) is 3.65. The molecule has 0 bridgehead atoms. The third kappa shape index (κ3) is 11.7. The smallest absolute Gasteiger partial charge is 0.407 e. The number of halogens is 1. The van der Waals surface area contributed by atoms with E-state index < -0.39 is 6.09 Å². The second kappa shape index (κ2) is 17.2. The van der Waals surface area contributed by atoms with E-state index in [0.29, 0.717) is 29.1 Å². The van der Waals surface area contributed by atoms with Crippen molar-refractivity contribution < 1.29 is 19.4 Å². The molecule has 0 aliphatic carbocycles. The van der Waals surface area contributed by atoms with Crippen molar-refractivity contribution in [3.8, 4) is 22.6 Å². The number of benzene rings is 1. The van der Waals surface area contributed by atoms with Crippen LogP contribution in [0.15, 0.2) is 30.5 Å². The molecule has 1 atom stereocenters. The first-order valence-electron chi connectivity index (χ1n) is 13.3. The van der Waals surface area contributed by atoms with Gasteiger partial charge in [0.1, 0.15) is 12.6 Å². The lowest BCUT2D eigenvalue weighted by Crippen LogP contribution is -2.37. The molecule has 0 saturated carbocycles. The summed E-state index contributed by atoms with van der Waals surface area (Å²) in [6.45, 7) is 17.7. The maximum absolute atomic E-state index is 11.4. The second-order valence-electron chi connectivity index (χ2n) is 10.6. The lowest BCUT2D eigenvalue weighted by Gasteiger charge is -2.14. The summed E-state index contributed by atoms with van der Waals surface area (Å²) in [4.78, 5) is 36.9. The van der Waals surface area contributed by atoms with E-state index in [9.17, 15) is 4.79 Å². The van der Waals surface area contributed by atoms with Crippen LogP contribution in [0.2, 0.25) is 5.02 Å². The van der Waals surface area contributed by atoms with Gasteiger partial charge >= 0.3 is 6.09 Å². The highest BCUT2D eigenvalue weighted by Crippen LogP contribution is 2.35. The molecule has 1 amide bonds. The summed E-state index contributed by atoms with van der Waals surface area (Å²) < 4.78 is 4.64. The number of alkyl carbamates (subject to hydrolysis) is 1. The largest absolute Gasteiger partial charge is 0.453 e. The Morgan fingerprint density at radius 1 is 1.12 bits per heavy atom. The Labute approximate surface area is 247 Å². The van der Waals surface area contributed by atoms with Gasteiger partial charge in [0, 0.05) is 53.6 Å². The number of nitrogens with zero attached hydrogens (tertiary/aromatic N) is 3. The van der Waals surface area contributed by atoms with E-state index in [2.05, 4.69) is 71.3 Å². The molecule has 1 aromatic carbocycles. The average Bonchev–Trinajstić information content (AvgIpc) is 3.39. The number of aliphatic hydroxyl groups excluding tert-OH is 1. The fraction of sp³-hybridized carbons (Fsp3) is 0.483. The van der Waals surface area contributed by atoms with E-state index in [1.807, 2.05) is 31.9 Å². The molecule has 12 heteroatoms. The number of amides is 1. The van der Waals surface area contributed by atoms with Gasteiger partial charge in [0.15, 0.2) is 0 Å². The maximum atomic E-state index is 11.4. The number of carbonyl (C=O) groups is 2. The molecule has 1 unspecified atom stereocenters. The van der Waals surface area contributed by atoms with Crippen molar-refractivity contribution in [3.63, 3.8) is 0 Å². The zero-order valence-corrected chi connectivity index (χ0v) is 26.0. The Bertz CT molecular complexity index is 1230. The van der Waals surface area contributed by atoms with Crippen LogP contribution >= 0.6 is 11.6 Å². The lowest BCUT2D eigenvalue weighted by molar-refractivity contribution is -0.0980. The minimum absolute atomic E-state index is 0.178. The van der Waals surface area contributed by atoms with Crippen LogP contribution in [-0.2, 0) is 14.9 Å². The minimum atomic E-state index is -0.487. The van der Waals surface area contributed by atoms with E-state index >= 15 is 0 Å². The van der Waals surface area contributed by atoms with Gasteiger partial charge < -0.3 is 35.6 Å². The van der Waals surface area contributed by atoms with E-state index in [1.165, 1.54) is 7.11 Å². The van der Waals surface area contributed by atoms with E-state index in [4.69, 9.17) is 31.5 Å². The van der Waals surface area contributed by atoms with Gasteiger partial charge in [-0.05, 0) is 44.0 Å². The summed E-state index contributed by atoms with van der Waals surface area (Å²) in [7, 11) is 1.33. The number of H-pyrrole nitrogens is 1. The Morgan fingerprint density at radius 3 is 2.37 bits per heavy atom. The molecule has 0 aliphatic heterocycles. The van der Waals surface area contributed by atoms with Gasteiger partial charge in [-0.2, -0.15) is 0 Å². The summed E-state index contributed by atoms with van der Waals surface area (Å²) in [5, 5.41) is 17.5. The molecule has 0 aliphatic rings. The second-order valence-corrected chi connectivity index (χ2v) is 11.0. The third-order valence-corrected chi connectivity index (χ3v) is 5.55. The predicted molar refractivity (Wildman–Crippen MR) is 165 cm³/mol. The average molecular weight is 590 g/mol. The number of ether oxygens (including phenoxy) is 1. The molecule has 0 saturated heterocycles. The molecular weight excluding hydrogens is 546 g/mol. The van der Waals surface area contributed by atoms with Gasteiger partial charge in [-0.25, -0.2) is 19.7 Å². The van der Waals surface area contributed by atoms with Gasteiger partial charge in [0.25, 0.3) is 0 Å². The topological polar surface area (TPSA) is 154 Å². The molecule has 2 heterocycles. The molecule has 0 fully saturated rings. The first-order valence-corrected chi connectivity index (χ1v) is 13.7. The minimum Gasteiger partial charge on any atom is -0.453 e. The molecule has 226 valence electrons. The number of nitrogens with one attached hydrogen (secondary N) is 4. The summed E-state index contributed by atoms with van der Waals surface area (Å²) in [6, 6.07) is 7.55. The van der Waals surface area contributed by atoms with Crippen LogP contribution in [0, 0.1) is 5.92 Å². The number of aromatic amines is 1. The number of aromatic nitrogens is 4. The van der Waals surface area contributed by atoms with E-state index in [1.54, 1.807) is 13.1 Å². The quantitative estimate of drug-likeness (QED) is 0.217. The van der Waals surface area contributed by atoms with E-state index in [-0.39, 0.29) is 18.1 Å². The van der Waals surface area contributed by atoms with Crippen LogP contribution in [0.4, 0.5) is 16.4 Å². The van der Waals surface area contributed by atoms with Crippen LogP contribution < -0.4 is 16.0 Å². The molecule has 0 spiro atoms. The Hall–Kier alpha value is -3.70. The van der Waals surface area contributed by atoms with Crippen molar-refractivity contribution in [1.82, 2.24) is 25.3 Å². The molecule has 5 N–H and O–H groups in total. The summed E-state index contributed by atoms with van der Waals surface area (Å²) in [5.41, 5.74) is 3.86. The van der Waals surface area contributed by atoms with Crippen LogP contribution in [0.1, 0.15) is 54.3 Å². The van der Waals surface area contributed by atoms with Gasteiger partial charge in [-0.15, -0.1) is 0 Å². The SMILES string of the molecule is C=O.CCO.COC(=O)NC(C)CNc1nccc(-c2[nH]c(C(C)(C)C)nc2-c2cc(Cl)cc(NCC(C)C)c2)n1. The highest BCUT2D eigenvalue weighted by molar-refractivity contribution is 6.31. The molecule has 41 heavy (non-hydrogen) atoms. The van der Waals surface area contributed by atoms with Crippen molar-refractivity contribution in [1.29, 1.82) is 0 Å². The number of aliphatic hydroxyl groups is 1. The van der Waals surface area contributed by atoms with Gasteiger partial charge in [-0.1, -0.05) is 46.2 Å². The zero-order valence-electron chi connectivity index (χ0n) is 25.3. The number of carbonyl (C=O) groups excluding carboxylic acids is 2. The number of hydrogen-bond acceptors (Lipinski definition) is 9. The lowest BCUT2D eigenvalue weighted by atomic mass is 9.96. The van der Waals surface area contributed by atoms with Crippen molar-refractivity contribution >= 4 is 36.1 Å². The van der Waals surface area contributed by atoms with Crippen molar-refractivity contribution in [2.75, 3.05) is 37.4 Å². The van der Waals surface area contributed by atoms with Crippen molar-refractivity contribution in [2.24, 2.45) is 5.92 Å². The molecule has 0 radical (unpaired) electrons. The van der Waals surface area contributed by atoms with Crippen molar-refractivity contribution in [2.45, 2.75) is 59.9 Å². The number of imidazole rings is 1. The molecule has 2 aromatic heterocycles. The van der Waals surface area contributed by atoms with Crippen LogP contribution in [-0.4, -0.2) is 70.8 Å². The van der Waals surface area contributed by atoms with Crippen molar-refractivity contribution in [3.05, 3.63) is 41.3 Å². The third-order valence-electron chi connectivity index (χ3n) is 5.33. The standard InChI is InChI=1S/C26H36ClN7O2.C2H6O.CH2O/c1-15(2)13-29-19-11-17(10-18(27)12-19)21-22(34-23(33-21)26(4,5)6)20-8-9-28-24(32-20)30-14-16(3)31-25(35)36-7;1-2-3;1-2/h8-12,15-16,29H,13-14H2,1-7H3,(H,31,35)(H,33,34)(H,28,30,32);3H,2H2,1H3;1H2. The van der Waals surface area contributed by atoms with E-state index in [0.717, 1.165) is 35.0 Å². The number of rotatable bonds is 9. The summed E-state index contributed by atoms with van der Waals surface area (Å²) in [6.07, 6.45) is 1.21. The van der Waals surface area contributed by atoms with Crippen LogP contribution in [0.5, 0.6) is 0 Å². The first kappa shape index (κ1) is 35.3. The van der Waals surface area contributed by atoms with Gasteiger partial charge in [-0.3, -0.25) is 0 Å². The first-order chi connectivity index (χ1) is 19.4. The number of hydrogen-bond donors (Lipinski definition) is 5. The van der Waals surface area contributed by atoms with Gasteiger partial charge in [0.2, 0.25) is 5.95 Å². The highest BCUT2D eigenvalue weighted by atomic mass is 35.5. The van der Waals surface area contributed by atoms with Crippen LogP contribution in [0.3, 0.4) is 0 Å². The molecule has 3 rings (SSSR count). The summed E-state index contributed by atoms with van der Waals surface area (Å²) >= 11 is 6.50. The monoisotopic (exact) mass is 589 g/mol. The normalized spacial score (nSPS) is 11.4. The molecule has 11 nitrogen and oxygen atoms in total. The number of methoxy groups -OCH3 is 1. The van der Waals surface area contributed by atoms with Crippen LogP contribution in [0.25, 0.3) is 22.6 Å². The van der Waals surface area contributed by atoms with Gasteiger partial charge in [0.05, 0.1) is 24.2 Å². The molecular formula is C29H44ClN7O4. The zero-order chi connectivity index (χ0) is 31.2. The molecule has 3 aromatic rings. The summed E-state index contributed by atoms with van der Waals surface area (Å²) in [5.74, 6) is 1.78. The maximum Gasteiger partial charge on any atom is 0.407 e. The Balaban J connectivity index is 0.00000157. The number of anilines is 2. The highest BCUT2D eigenvalue weighted by Gasteiger charge is 2.24.